The van der Waals surface area contributed by atoms with E-state index in [9.17, 15) is 5.11 Å². The van der Waals surface area contributed by atoms with Gasteiger partial charge in [0.05, 0.1) is 17.7 Å². The minimum absolute atomic E-state index is 0.381. The average molecular weight is 278 g/mol. The first-order valence-corrected chi connectivity index (χ1v) is 6.23. The van der Waals surface area contributed by atoms with Crippen molar-refractivity contribution in [1.29, 1.82) is 0 Å². The Balaban J connectivity index is 2.80. The molecule has 1 unspecified atom stereocenters. The highest BCUT2D eigenvalue weighted by atomic mass is 35.5. The van der Waals surface area contributed by atoms with Gasteiger partial charge in [-0.05, 0) is 26.1 Å². The van der Waals surface area contributed by atoms with Gasteiger partial charge in [0.25, 0.3) is 0 Å². The third kappa shape index (κ3) is 4.72. The first-order valence-electron chi connectivity index (χ1n) is 5.48. The van der Waals surface area contributed by atoms with Crippen molar-refractivity contribution in [2.24, 2.45) is 0 Å². The van der Waals surface area contributed by atoms with E-state index >= 15 is 0 Å². The summed E-state index contributed by atoms with van der Waals surface area (Å²) in [5.41, 5.74) is 0.913. The standard InChI is InChI=1S/C12H17Cl2NO2/c1-8(16)3-4-17-12-9(7-15-2)5-10(13)6-11(12)14/h5-6,8,15-16H,3-4,7H2,1-2H3. The lowest BCUT2D eigenvalue weighted by Crippen LogP contribution is -2.11. The third-order valence-electron chi connectivity index (χ3n) is 2.23. The topological polar surface area (TPSA) is 41.5 Å². The summed E-state index contributed by atoms with van der Waals surface area (Å²) < 4.78 is 5.60. The molecule has 2 N–H and O–H groups in total. The molecule has 0 saturated heterocycles. The number of benzene rings is 1. The molecule has 0 aromatic heterocycles. The van der Waals surface area contributed by atoms with Gasteiger partial charge in [-0.25, -0.2) is 0 Å². The molecule has 17 heavy (non-hydrogen) atoms. The molecule has 0 amide bonds. The van der Waals surface area contributed by atoms with E-state index in [1.165, 1.54) is 0 Å². The molecular weight excluding hydrogens is 261 g/mol. The van der Waals surface area contributed by atoms with Crippen LogP contribution in [0.3, 0.4) is 0 Å². The molecule has 0 saturated carbocycles. The van der Waals surface area contributed by atoms with Crippen LogP contribution >= 0.6 is 23.2 Å². The minimum atomic E-state index is -0.381. The summed E-state index contributed by atoms with van der Waals surface area (Å²) in [4.78, 5) is 0. The fourth-order valence-corrected chi connectivity index (χ4v) is 2.02. The molecule has 0 spiro atoms. The summed E-state index contributed by atoms with van der Waals surface area (Å²) in [5, 5.41) is 13.3. The summed E-state index contributed by atoms with van der Waals surface area (Å²) in [6, 6.07) is 3.47. The van der Waals surface area contributed by atoms with Gasteiger partial charge in [0.2, 0.25) is 0 Å². The highest BCUT2D eigenvalue weighted by Crippen LogP contribution is 2.32. The van der Waals surface area contributed by atoms with Gasteiger partial charge in [0, 0.05) is 23.6 Å². The van der Waals surface area contributed by atoms with Crippen LogP contribution in [-0.2, 0) is 6.54 Å². The lowest BCUT2D eigenvalue weighted by Gasteiger charge is -2.14. The van der Waals surface area contributed by atoms with Crippen molar-refractivity contribution >= 4 is 23.2 Å². The highest BCUT2D eigenvalue weighted by Gasteiger charge is 2.10. The van der Waals surface area contributed by atoms with Gasteiger partial charge in [-0.3, -0.25) is 0 Å². The monoisotopic (exact) mass is 277 g/mol. The van der Waals surface area contributed by atoms with Crippen LogP contribution in [-0.4, -0.2) is 24.9 Å². The van der Waals surface area contributed by atoms with Crippen LogP contribution < -0.4 is 10.1 Å². The Morgan fingerprint density at radius 2 is 2.12 bits per heavy atom. The third-order valence-corrected chi connectivity index (χ3v) is 2.73. The smallest absolute Gasteiger partial charge is 0.142 e. The molecule has 0 aliphatic carbocycles. The number of rotatable bonds is 6. The van der Waals surface area contributed by atoms with E-state index in [0.717, 1.165) is 5.56 Å². The van der Waals surface area contributed by atoms with E-state index < -0.39 is 0 Å². The zero-order valence-corrected chi connectivity index (χ0v) is 11.5. The van der Waals surface area contributed by atoms with E-state index in [1.807, 2.05) is 13.1 Å². The Hall–Kier alpha value is -0.480. The summed E-state index contributed by atoms with van der Waals surface area (Å²) in [6.45, 7) is 2.78. The molecule has 1 atom stereocenters. The fraction of sp³-hybridized carbons (Fsp3) is 0.500. The molecule has 0 aliphatic rings. The SMILES string of the molecule is CNCc1cc(Cl)cc(Cl)c1OCCC(C)O. The van der Waals surface area contributed by atoms with Gasteiger partial charge in [-0.2, -0.15) is 0 Å². The lowest BCUT2D eigenvalue weighted by molar-refractivity contribution is 0.155. The molecule has 96 valence electrons. The van der Waals surface area contributed by atoms with Crippen molar-refractivity contribution in [2.75, 3.05) is 13.7 Å². The molecule has 1 aromatic carbocycles. The molecule has 1 rings (SSSR count). The number of aliphatic hydroxyl groups is 1. The van der Waals surface area contributed by atoms with Crippen LogP contribution in [0, 0.1) is 0 Å². The van der Waals surface area contributed by atoms with Gasteiger partial charge in [-0.15, -0.1) is 0 Å². The number of halogens is 2. The average Bonchev–Trinajstić information content (AvgIpc) is 2.21. The van der Waals surface area contributed by atoms with Crippen molar-refractivity contribution in [1.82, 2.24) is 5.32 Å². The zero-order valence-electron chi connectivity index (χ0n) is 9.96. The van der Waals surface area contributed by atoms with E-state index in [0.29, 0.717) is 35.4 Å². The van der Waals surface area contributed by atoms with Gasteiger partial charge in [-0.1, -0.05) is 23.2 Å². The first kappa shape index (κ1) is 14.6. The van der Waals surface area contributed by atoms with Crippen LogP contribution in [0.1, 0.15) is 18.9 Å². The summed E-state index contributed by atoms with van der Waals surface area (Å²) in [5.74, 6) is 0.631. The maximum atomic E-state index is 9.17. The second kappa shape index (κ2) is 7.07. The predicted molar refractivity (Wildman–Crippen MR) is 71.0 cm³/mol. The highest BCUT2D eigenvalue weighted by molar-refractivity contribution is 6.35. The van der Waals surface area contributed by atoms with E-state index in [-0.39, 0.29) is 6.10 Å². The van der Waals surface area contributed by atoms with Gasteiger partial charge in [0.15, 0.2) is 0 Å². The van der Waals surface area contributed by atoms with Crippen LogP contribution in [0.25, 0.3) is 0 Å². The summed E-state index contributed by atoms with van der Waals surface area (Å²) >= 11 is 12.0. The molecule has 0 fully saturated rings. The van der Waals surface area contributed by atoms with Gasteiger partial charge < -0.3 is 15.2 Å². The number of hydrogen-bond donors (Lipinski definition) is 2. The summed E-state index contributed by atoms with van der Waals surface area (Å²) in [7, 11) is 1.84. The number of ether oxygens (including phenoxy) is 1. The van der Waals surface area contributed by atoms with E-state index in [2.05, 4.69) is 5.32 Å². The summed E-state index contributed by atoms with van der Waals surface area (Å²) in [6.07, 6.45) is 0.187. The predicted octanol–water partition coefficient (Wildman–Crippen LogP) is 2.86. The van der Waals surface area contributed by atoms with Crippen molar-refractivity contribution in [3.63, 3.8) is 0 Å². The van der Waals surface area contributed by atoms with Crippen molar-refractivity contribution in [2.45, 2.75) is 26.0 Å². The largest absolute Gasteiger partial charge is 0.492 e. The Labute approximate surface area is 112 Å². The van der Waals surface area contributed by atoms with Crippen LogP contribution in [0.4, 0.5) is 0 Å². The van der Waals surface area contributed by atoms with E-state index in [4.69, 9.17) is 27.9 Å². The molecule has 0 radical (unpaired) electrons. The Morgan fingerprint density at radius 1 is 1.41 bits per heavy atom. The number of hydrogen-bond acceptors (Lipinski definition) is 3. The molecule has 3 nitrogen and oxygen atoms in total. The number of nitrogens with one attached hydrogen (secondary N) is 1. The molecule has 5 heteroatoms. The molecule has 0 bridgehead atoms. The normalized spacial score (nSPS) is 12.5. The quantitative estimate of drug-likeness (QED) is 0.840. The Kier molecular flexibility index (Phi) is 6.06. The molecular formula is C12H17Cl2NO2. The zero-order chi connectivity index (χ0) is 12.8. The maximum absolute atomic E-state index is 9.17. The van der Waals surface area contributed by atoms with Crippen molar-refractivity contribution < 1.29 is 9.84 Å². The second-order valence-electron chi connectivity index (χ2n) is 3.89. The first-order chi connectivity index (χ1) is 8.04. The van der Waals surface area contributed by atoms with Crippen molar-refractivity contribution in [3.05, 3.63) is 27.7 Å². The van der Waals surface area contributed by atoms with E-state index in [1.54, 1.807) is 13.0 Å². The van der Waals surface area contributed by atoms with Gasteiger partial charge >= 0.3 is 0 Å². The lowest BCUT2D eigenvalue weighted by atomic mass is 10.2. The van der Waals surface area contributed by atoms with Crippen LogP contribution in [0.2, 0.25) is 10.0 Å². The second-order valence-corrected chi connectivity index (χ2v) is 4.74. The maximum Gasteiger partial charge on any atom is 0.142 e. The number of aliphatic hydroxyl groups excluding tert-OH is 1. The molecule has 1 aromatic rings. The Morgan fingerprint density at radius 3 is 2.71 bits per heavy atom. The minimum Gasteiger partial charge on any atom is -0.492 e. The van der Waals surface area contributed by atoms with Crippen LogP contribution in [0.5, 0.6) is 5.75 Å². The molecule has 0 heterocycles. The molecule has 0 aliphatic heterocycles. The van der Waals surface area contributed by atoms with Crippen molar-refractivity contribution in [3.8, 4) is 5.75 Å². The van der Waals surface area contributed by atoms with Crippen LogP contribution in [0.15, 0.2) is 12.1 Å². The fourth-order valence-electron chi connectivity index (χ4n) is 1.43. The Bertz CT molecular complexity index is 370. The van der Waals surface area contributed by atoms with Gasteiger partial charge in [0.1, 0.15) is 5.75 Å².